The van der Waals surface area contributed by atoms with Crippen LogP contribution in [0.4, 0.5) is 0 Å². The van der Waals surface area contributed by atoms with Crippen molar-refractivity contribution in [3.05, 3.63) is 18.0 Å². The molecule has 3 nitrogen and oxygen atoms in total. The Morgan fingerprint density at radius 1 is 1.88 bits per heavy atom. The SMILES string of the molecule is Cc1c[c-]nn1N.[V+2]. The van der Waals surface area contributed by atoms with Crippen LogP contribution < -0.4 is 5.84 Å². The van der Waals surface area contributed by atoms with Crippen LogP contribution in [-0.4, -0.2) is 9.89 Å². The zero-order valence-electron chi connectivity index (χ0n) is 4.50. The van der Waals surface area contributed by atoms with Gasteiger partial charge in [0.2, 0.25) is 0 Å². The molecule has 0 unspecified atom stereocenters. The van der Waals surface area contributed by atoms with Crippen LogP contribution in [-0.2, 0) is 18.6 Å². The molecule has 2 N–H and O–H groups in total. The predicted octanol–water partition coefficient (Wildman–Crippen LogP) is -0.297. The summed E-state index contributed by atoms with van der Waals surface area (Å²) in [5.41, 5.74) is 0.917. The Morgan fingerprint density at radius 2 is 2.50 bits per heavy atom. The summed E-state index contributed by atoms with van der Waals surface area (Å²) in [4.78, 5) is 1.28. The number of nitrogens with two attached hydrogens (primary N) is 1. The molecule has 1 aromatic rings. The van der Waals surface area contributed by atoms with Gasteiger partial charge in [-0.15, -0.1) is 6.20 Å². The Hall–Kier alpha value is -0.406. The van der Waals surface area contributed by atoms with Crippen LogP contribution in [0.2, 0.25) is 0 Å². The molecule has 41 valence electrons. The number of nitrogens with zero attached hydrogens (tertiary/aromatic N) is 2. The zero-order valence-corrected chi connectivity index (χ0v) is 5.89. The van der Waals surface area contributed by atoms with Gasteiger partial charge in [0.15, 0.2) is 0 Å². The van der Waals surface area contributed by atoms with E-state index in [0.29, 0.717) is 0 Å². The van der Waals surface area contributed by atoms with Gasteiger partial charge in [-0.05, 0) is 0 Å². The van der Waals surface area contributed by atoms with Crippen LogP contribution in [0.3, 0.4) is 0 Å². The van der Waals surface area contributed by atoms with E-state index in [1.165, 1.54) is 4.79 Å². The minimum absolute atomic E-state index is 0. The van der Waals surface area contributed by atoms with Crippen LogP contribution in [0.5, 0.6) is 0 Å². The number of hydrogen-bond acceptors (Lipinski definition) is 2. The van der Waals surface area contributed by atoms with Crippen molar-refractivity contribution in [1.82, 2.24) is 9.89 Å². The third kappa shape index (κ3) is 1.28. The maximum atomic E-state index is 5.21. The summed E-state index contributed by atoms with van der Waals surface area (Å²) in [6.07, 6.45) is 2.59. The fourth-order valence-electron chi connectivity index (χ4n) is 0.329. The van der Waals surface area contributed by atoms with E-state index in [9.17, 15) is 0 Å². The summed E-state index contributed by atoms with van der Waals surface area (Å²) >= 11 is 0. The van der Waals surface area contributed by atoms with Crippen molar-refractivity contribution in [1.29, 1.82) is 0 Å². The molecule has 0 aliphatic heterocycles. The second-order valence-corrected chi connectivity index (χ2v) is 1.36. The molecule has 0 saturated carbocycles. The van der Waals surface area contributed by atoms with Gasteiger partial charge in [-0.3, -0.25) is 9.89 Å². The number of aryl methyl sites for hydroxylation is 1. The summed E-state index contributed by atoms with van der Waals surface area (Å²) in [5.74, 6) is 5.21. The molecular formula is C4H6N3V+. The molecule has 1 radical (unpaired) electrons. The Morgan fingerprint density at radius 3 is 2.62 bits per heavy atom. The average molecular weight is 147 g/mol. The van der Waals surface area contributed by atoms with Crippen LogP contribution in [0, 0.1) is 13.1 Å². The molecule has 0 fully saturated rings. The number of aromatic nitrogens is 2. The molecule has 8 heavy (non-hydrogen) atoms. The molecule has 0 atom stereocenters. The van der Waals surface area contributed by atoms with Crippen molar-refractivity contribution >= 4 is 0 Å². The van der Waals surface area contributed by atoms with E-state index in [2.05, 4.69) is 11.3 Å². The Balaban J connectivity index is 0.000000490. The van der Waals surface area contributed by atoms with Gasteiger partial charge in [-0.25, -0.2) is 0 Å². The second kappa shape index (κ2) is 2.79. The van der Waals surface area contributed by atoms with Crippen LogP contribution in [0.15, 0.2) is 6.07 Å². The number of nitrogen functional groups attached to an aromatic ring is 1. The molecule has 0 aliphatic carbocycles. The topological polar surface area (TPSA) is 43.8 Å². The minimum Gasteiger partial charge on any atom is -0.341 e. The van der Waals surface area contributed by atoms with Gasteiger partial charge < -0.3 is 5.84 Å². The fraction of sp³-hybridized carbons (Fsp3) is 0.250. The molecule has 0 saturated heterocycles. The largest absolute Gasteiger partial charge is 2.00 e. The van der Waals surface area contributed by atoms with Crippen LogP contribution in [0.25, 0.3) is 0 Å². The van der Waals surface area contributed by atoms with E-state index in [-0.39, 0.29) is 18.6 Å². The van der Waals surface area contributed by atoms with Gasteiger partial charge in [0, 0.05) is 0 Å². The van der Waals surface area contributed by atoms with Gasteiger partial charge in [0.05, 0.1) is 0 Å². The molecule has 1 rings (SSSR count). The number of hydrogen-bond donors (Lipinski definition) is 1. The first kappa shape index (κ1) is 7.59. The first-order valence-electron chi connectivity index (χ1n) is 1.98. The Labute approximate surface area is 59.7 Å². The van der Waals surface area contributed by atoms with Gasteiger partial charge in [-0.2, -0.15) is 6.07 Å². The van der Waals surface area contributed by atoms with Crippen molar-refractivity contribution in [3.8, 4) is 0 Å². The summed E-state index contributed by atoms with van der Waals surface area (Å²) in [6.45, 7) is 1.86. The van der Waals surface area contributed by atoms with Crippen molar-refractivity contribution in [3.63, 3.8) is 0 Å². The molecule has 0 bridgehead atoms. The van der Waals surface area contributed by atoms with Gasteiger partial charge >= 0.3 is 18.6 Å². The van der Waals surface area contributed by atoms with Crippen molar-refractivity contribution < 1.29 is 18.6 Å². The monoisotopic (exact) mass is 147 g/mol. The summed E-state index contributed by atoms with van der Waals surface area (Å²) in [6, 6.07) is 1.72. The smallest absolute Gasteiger partial charge is 0.341 e. The molecule has 1 aromatic heterocycles. The summed E-state index contributed by atoms with van der Waals surface area (Å²) in [5, 5.41) is 3.59. The number of rotatable bonds is 0. The van der Waals surface area contributed by atoms with Crippen LogP contribution >= 0.6 is 0 Å². The van der Waals surface area contributed by atoms with Crippen molar-refractivity contribution in [2.45, 2.75) is 6.92 Å². The van der Waals surface area contributed by atoms with Gasteiger partial charge in [-0.1, -0.05) is 12.6 Å². The van der Waals surface area contributed by atoms with Gasteiger partial charge in [0.1, 0.15) is 0 Å². The molecule has 0 aromatic carbocycles. The van der Waals surface area contributed by atoms with Gasteiger partial charge in [0.25, 0.3) is 0 Å². The molecule has 0 amide bonds. The van der Waals surface area contributed by atoms with Crippen molar-refractivity contribution in [2.24, 2.45) is 0 Å². The predicted molar refractivity (Wildman–Crippen MR) is 26.0 cm³/mol. The maximum absolute atomic E-state index is 5.21. The quantitative estimate of drug-likeness (QED) is 0.404. The van der Waals surface area contributed by atoms with Crippen molar-refractivity contribution in [2.75, 3.05) is 5.84 Å². The fourth-order valence-corrected chi connectivity index (χ4v) is 0.329. The standard InChI is InChI=1S/C4H6N3.V/c1-4-2-3-6-7(4)5;/h2H,5H2,1H3;/q-1;+2. The van der Waals surface area contributed by atoms with E-state index in [1.807, 2.05) is 6.92 Å². The molecule has 0 spiro atoms. The second-order valence-electron chi connectivity index (χ2n) is 1.36. The Kier molecular flexibility index (Phi) is 2.65. The third-order valence-corrected chi connectivity index (χ3v) is 0.800. The molecular weight excluding hydrogens is 141 g/mol. The normalized spacial score (nSPS) is 8.12. The van der Waals surface area contributed by atoms with E-state index in [0.717, 1.165) is 5.69 Å². The zero-order chi connectivity index (χ0) is 5.28. The maximum Gasteiger partial charge on any atom is 2.00 e. The first-order valence-corrected chi connectivity index (χ1v) is 1.98. The molecule has 1 heterocycles. The third-order valence-electron chi connectivity index (χ3n) is 0.800. The van der Waals surface area contributed by atoms with E-state index < -0.39 is 0 Å². The first-order chi connectivity index (χ1) is 3.30. The Bertz CT molecular complexity index is 144. The average Bonchev–Trinajstić information content (AvgIpc) is 1.91. The molecule has 4 heteroatoms. The summed E-state index contributed by atoms with van der Waals surface area (Å²) < 4.78 is 0. The van der Waals surface area contributed by atoms with E-state index >= 15 is 0 Å². The molecule has 0 aliphatic rings. The van der Waals surface area contributed by atoms with Crippen LogP contribution in [0.1, 0.15) is 5.69 Å². The minimum atomic E-state index is 0. The summed E-state index contributed by atoms with van der Waals surface area (Å²) in [7, 11) is 0. The van der Waals surface area contributed by atoms with E-state index in [1.54, 1.807) is 6.07 Å². The van der Waals surface area contributed by atoms with E-state index in [4.69, 9.17) is 5.84 Å².